The van der Waals surface area contributed by atoms with Crippen molar-refractivity contribution in [3.8, 4) is 0 Å². The summed E-state index contributed by atoms with van der Waals surface area (Å²) in [5.41, 5.74) is 0. The number of rotatable bonds is 2. The van der Waals surface area contributed by atoms with Crippen LogP contribution in [0.25, 0.3) is 0 Å². The van der Waals surface area contributed by atoms with Gasteiger partial charge in [0.2, 0.25) is 0 Å². The Bertz CT molecular complexity index is 48.1. The van der Waals surface area contributed by atoms with Crippen molar-refractivity contribution in [3.63, 3.8) is 0 Å². The van der Waals surface area contributed by atoms with E-state index in [1.54, 1.807) is 0 Å². The fraction of sp³-hybridized carbons (Fsp3) is 0. The summed E-state index contributed by atoms with van der Waals surface area (Å²) in [5, 5.41) is -0.444. The van der Waals surface area contributed by atoms with Gasteiger partial charge in [0.1, 0.15) is 4.91 Å². The van der Waals surface area contributed by atoms with Gasteiger partial charge in [0.25, 0.3) is 0 Å². The molecule has 6 nitrogen and oxygen atoms in total. The van der Waals surface area contributed by atoms with E-state index in [0.717, 1.165) is 0 Å². The van der Waals surface area contributed by atoms with E-state index in [-0.39, 0.29) is 17.4 Å². The second-order valence-electron chi connectivity index (χ2n) is 0.434. The van der Waals surface area contributed by atoms with Crippen molar-refractivity contribution in [2.45, 2.75) is 0 Å². The van der Waals surface area contributed by atoms with Gasteiger partial charge >= 0.3 is 5.09 Å². The van der Waals surface area contributed by atoms with Crippen molar-refractivity contribution >= 4 is 17.4 Å². The van der Waals surface area contributed by atoms with Crippen molar-refractivity contribution in [2.24, 2.45) is 11.8 Å². The molecule has 0 aromatic carbocycles. The molecule has 0 aromatic rings. The summed E-state index contributed by atoms with van der Waals surface area (Å²) in [6, 6.07) is 0. The number of nitrogens with two attached hydrogens (primary N) is 2. The Kier molecular flexibility index (Phi) is 7.93. The summed E-state index contributed by atoms with van der Waals surface area (Å²) in [7, 11) is 0. The van der Waals surface area contributed by atoms with E-state index in [1.807, 2.05) is 0 Å². The summed E-state index contributed by atoms with van der Waals surface area (Å²) in [6.07, 6.45) is 0. The minimum Gasteiger partial charge on any atom is -0.0948 e. The zero-order chi connectivity index (χ0) is 4.99. The van der Waals surface area contributed by atoms with E-state index >= 15 is 0 Å². The predicted molar refractivity (Wildman–Crippen MR) is 24.1 cm³/mol. The summed E-state index contributed by atoms with van der Waals surface area (Å²) in [6.45, 7) is 0. The third-order valence-corrected chi connectivity index (χ3v) is 0.172. The molecule has 0 aromatic heterocycles. The highest BCUT2D eigenvalue weighted by Gasteiger charge is 2.02. The lowest BCUT2D eigenvalue weighted by atomic mass is 12.9. The van der Waals surface area contributed by atoms with Crippen LogP contribution in [0.4, 0.5) is 0 Å². The van der Waals surface area contributed by atoms with Gasteiger partial charge in [-0.2, -0.15) is 0 Å². The highest BCUT2D eigenvalue weighted by atomic mass is 27.0. The molecule has 4 N–H and O–H groups in total. The van der Waals surface area contributed by atoms with Crippen molar-refractivity contribution in [2.75, 3.05) is 0 Å². The van der Waals surface area contributed by atoms with Crippen LogP contribution in [0, 0.1) is 4.91 Å². The molecule has 0 aliphatic carbocycles. The summed E-state index contributed by atoms with van der Waals surface area (Å²) in [4.78, 5) is 16.1. The third-order valence-electron chi connectivity index (χ3n) is 0.172. The molecular formula is H7AlN3O3+. The van der Waals surface area contributed by atoms with Crippen LogP contribution in [0.2, 0.25) is 0 Å². The zero-order valence-electron chi connectivity index (χ0n) is 2.83. The molecule has 42 valence electrons. The molecule has 0 rings (SSSR count). The fourth-order valence-electron chi connectivity index (χ4n) is 0.0248. The number of nitrogens with zero attached hydrogens (tertiary/aromatic N) is 1. The van der Waals surface area contributed by atoms with Crippen molar-refractivity contribution in [3.05, 3.63) is 4.91 Å². The first-order chi connectivity index (χ1) is 2.81. The third kappa shape index (κ3) is 5.65. The second-order valence-corrected chi connectivity index (χ2v) is 0.434. The van der Waals surface area contributed by atoms with E-state index in [9.17, 15) is 4.91 Å². The summed E-state index contributed by atoms with van der Waals surface area (Å²) < 4.78 is 0. The van der Waals surface area contributed by atoms with Crippen molar-refractivity contribution in [1.82, 2.24) is 0 Å². The SMILES string of the molecule is NO[N+](=O)ON.[AlH3]. The summed E-state index contributed by atoms with van der Waals surface area (Å²) in [5.74, 6) is 8.38. The van der Waals surface area contributed by atoms with Gasteiger partial charge in [0, 0.05) is 0 Å². The van der Waals surface area contributed by atoms with Crippen LogP contribution in [0.3, 0.4) is 0 Å². The Morgan fingerprint density at radius 3 is 1.57 bits per heavy atom. The molecule has 0 amide bonds. The monoisotopic (exact) mass is 124 g/mol. The Morgan fingerprint density at radius 1 is 1.29 bits per heavy atom. The molecule has 0 aliphatic heterocycles. The Balaban J connectivity index is 0. The molecule has 0 saturated carbocycles. The van der Waals surface area contributed by atoms with Crippen LogP contribution >= 0.6 is 0 Å². The van der Waals surface area contributed by atoms with E-state index in [2.05, 4.69) is 21.7 Å². The normalized spacial score (nSPS) is 6.00. The maximum Gasteiger partial charge on any atom is 0.519 e. The maximum absolute atomic E-state index is 9.40. The standard InChI is InChI=1S/Al.H4N3O3.3H/c;1-5-3(4)6-2;;;/h;1-2H2;;;/q;+1;;;. The fourth-order valence-corrected chi connectivity index (χ4v) is 0.0248. The van der Waals surface area contributed by atoms with Crippen LogP contribution in [-0.2, 0) is 9.88 Å². The van der Waals surface area contributed by atoms with E-state index in [1.165, 1.54) is 0 Å². The van der Waals surface area contributed by atoms with Gasteiger partial charge < -0.3 is 0 Å². The molecule has 7 heavy (non-hydrogen) atoms. The second kappa shape index (κ2) is 5.65. The smallest absolute Gasteiger partial charge is 0.0948 e. The predicted octanol–water partition coefficient (Wildman–Crippen LogP) is -2.81. The average molecular weight is 124 g/mol. The van der Waals surface area contributed by atoms with E-state index in [4.69, 9.17) is 0 Å². The van der Waals surface area contributed by atoms with Gasteiger partial charge in [-0.25, -0.2) is 0 Å². The van der Waals surface area contributed by atoms with Gasteiger partial charge in [-0.1, -0.05) is 21.7 Å². The average Bonchev–Trinajstić information content (AvgIpc) is 1.65. The van der Waals surface area contributed by atoms with Gasteiger partial charge in [-0.15, -0.1) is 0 Å². The molecule has 0 spiro atoms. The quantitative estimate of drug-likeness (QED) is 0.306. The molecule has 0 fully saturated rings. The van der Waals surface area contributed by atoms with Crippen molar-refractivity contribution < 1.29 is 15.0 Å². The van der Waals surface area contributed by atoms with E-state index < -0.39 is 5.09 Å². The molecule has 0 saturated heterocycles. The molecule has 0 unspecified atom stereocenters. The molecule has 7 heteroatoms. The van der Waals surface area contributed by atoms with Gasteiger partial charge in [0.05, 0.1) is 0 Å². The Hall–Kier alpha value is -0.348. The zero-order valence-corrected chi connectivity index (χ0v) is 2.83. The van der Waals surface area contributed by atoms with Crippen LogP contribution in [-0.4, -0.2) is 22.4 Å². The van der Waals surface area contributed by atoms with Crippen LogP contribution in [0.15, 0.2) is 0 Å². The Labute approximate surface area is 49.9 Å². The highest BCUT2D eigenvalue weighted by molar-refractivity contribution is 5.75. The minimum absolute atomic E-state index is 0. The van der Waals surface area contributed by atoms with Gasteiger partial charge in [-0.3, -0.25) is 0 Å². The largest absolute Gasteiger partial charge is 0.519 e. The maximum atomic E-state index is 9.40. The number of hydrogen-bond acceptors (Lipinski definition) is 5. The molecular weight excluding hydrogens is 117 g/mol. The topological polar surface area (TPSA) is 90.6 Å². The van der Waals surface area contributed by atoms with Gasteiger partial charge in [0.15, 0.2) is 17.4 Å². The van der Waals surface area contributed by atoms with Crippen LogP contribution < -0.4 is 11.8 Å². The minimum atomic E-state index is -0.444. The molecule has 0 bridgehead atoms. The van der Waals surface area contributed by atoms with Gasteiger partial charge in [-0.05, 0) is 0 Å². The van der Waals surface area contributed by atoms with Crippen molar-refractivity contribution in [1.29, 1.82) is 0 Å². The first kappa shape index (κ1) is 9.82. The lowest BCUT2D eigenvalue weighted by Crippen LogP contribution is -2.17. The molecule has 0 radical (unpaired) electrons. The summed E-state index contributed by atoms with van der Waals surface area (Å²) >= 11 is 0. The lowest BCUT2D eigenvalue weighted by Gasteiger charge is -1.71. The van der Waals surface area contributed by atoms with Crippen LogP contribution in [0.1, 0.15) is 0 Å². The first-order valence-corrected chi connectivity index (χ1v) is 1.02. The van der Waals surface area contributed by atoms with E-state index in [0.29, 0.717) is 0 Å². The van der Waals surface area contributed by atoms with Crippen LogP contribution in [0.5, 0.6) is 0 Å². The molecule has 0 heterocycles. The molecule has 0 aliphatic rings. The Morgan fingerprint density at radius 2 is 1.57 bits per heavy atom. The molecule has 0 atom stereocenters. The first-order valence-electron chi connectivity index (χ1n) is 1.02. The lowest BCUT2D eigenvalue weighted by molar-refractivity contribution is -0.987. The highest BCUT2D eigenvalue weighted by Crippen LogP contribution is 1.58. The number of hydrogen-bond donors (Lipinski definition) is 2.